The average Bonchev–Trinajstić information content (AvgIpc) is 3.04. The van der Waals surface area contributed by atoms with Gasteiger partial charge in [0.15, 0.2) is 17.3 Å². The van der Waals surface area contributed by atoms with E-state index in [1.165, 1.54) is 12.7 Å². The minimum Gasteiger partial charge on any atom is -0.496 e. The molecule has 1 heterocycles. The van der Waals surface area contributed by atoms with Crippen LogP contribution in [0.4, 0.5) is 0 Å². The van der Waals surface area contributed by atoms with Gasteiger partial charge >= 0.3 is 0 Å². The molecule has 21 heavy (non-hydrogen) atoms. The number of thiophene rings is 1. The van der Waals surface area contributed by atoms with E-state index >= 15 is 0 Å². The lowest BCUT2D eigenvalue weighted by molar-refractivity contribution is 0.0979. The highest BCUT2D eigenvalue weighted by Crippen LogP contribution is 2.35. The van der Waals surface area contributed by atoms with E-state index in [-0.39, 0.29) is 5.78 Å². The van der Waals surface area contributed by atoms with E-state index in [2.05, 4.69) is 5.38 Å². The summed E-state index contributed by atoms with van der Waals surface area (Å²) in [6.07, 6.45) is 1.16. The number of hydrogen-bond donors (Lipinski definition) is 0. The summed E-state index contributed by atoms with van der Waals surface area (Å²) in [6, 6.07) is 5.38. The Balaban J connectivity index is 2.22. The van der Waals surface area contributed by atoms with Gasteiger partial charge in [0.1, 0.15) is 5.75 Å². The molecular formula is C16H18O4S. The molecule has 0 saturated heterocycles. The monoisotopic (exact) mass is 306 g/mol. The minimum atomic E-state index is 0.0269. The van der Waals surface area contributed by atoms with Gasteiger partial charge in [-0.15, -0.1) is 0 Å². The Labute approximate surface area is 128 Å². The van der Waals surface area contributed by atoms with E-state index in [1.54, 1.807) is 37.7 Å². The smallest absolute Gasteiger partial charge is 0.167 e. The lowest BCUT2D eigenvalue weighted by atomic mass is 10.0. The van der Waals surface area contributed by atoms with Gasteiger partial charge in [0.05, 0.1) is 26.9 Å². The van der Waals surface area contributed by atoms with Crippen molar-refractivity contribution in [2.75, 3.05) is 21.3 Å². The fourth-order valence-corrected chi connectivity index (χ4v) is 2.78. The summed E-state index contributed by atoms with van der Waals surface area (Å²) in [5.41, 5.74) is 1.69. The van der Waals surface area contributed by atoms with Crippen LogP contribution in [0, 0.1) is 0 Å². The third kappa shape index (κ3) is 3.55. The van der Waals surface area contributed by atoms with E-state index in [1.807, 2.05) is 11.4 Å². The van der Waals surface area contributed by atoms with Gasteiger partial charge in [-0.05, 0) is 34.9 Å². The number of ether oxygens (including phenoxy) is 3. The van der Waals surface area contributed by atoms with Crippen molar-refractivity contribution in [2.24, 2.45) is 0 Å². The molecule has 0 N–H and O–H groups in total. The summed E-state index contributed by atoms with van der Waals surface area (Å²) in [4.78, 5) is 12.4. The molecule has 0 fully saturated rings. The maximum Gasteiger partial charge on any atom is 0.167 e. The minimum absolute atomic E-state index is 0.0269. The molecular weight excluding hydrogens is 288 g/mol. The predicted molar refractivity (Wildman–Crippen MR) is 83.1 cm³/mol. The van der Waals surface area contributed by atoms with Crippen molar-refractivity contribution in [3.63, 3.8) is 0 Å². The number of aryl methyl sites for hydroxylation is 1. The Bertz CT molecular complexity index is 605. The molecule has 2 rings (SSSR count). The zero-order chi connectivity index (χ0) is 15.2. The third-order valence-electron chi connectivity index (χ3n) is 3.23. The number of carbonyl (C=O) groups is 1. The van der Waals surface area contributed by atoms with Crippen LogP contribution in [0.15, 0.2) is 29.0 Å². The standard InChI is InChI=1S/C16H18O4S/c1-18-14-9-16(20-3)15(19-2)8-12(14)13(17)5-4-11-6-7-21-10-11/h6-10H,4-5H2,1-3H3. The highest BCUT2D eigenvalue weighted by Gasteiger charge is 2.17. The molecule has 5 heteroatoms. The van der Waals surface area contributed by atoms with Gasteiger partial charge in [-0.1, -0.05) is 0 Å². The van der Waals surface area contributed by atoms with Crippen LogP contribution in [0.1, 0.15) is 22.3 Å². The van der Waals surface area contributed by atoms with Crippen molar-refractivity contribution in [1.29, 1.82) is 0 Å². The third-order valence-corrected chi connectivity index (χ3v) is 3.96. The summed E-state index contributed by atoms with van der Waals surface area (Å²) < 4.78 is 15.8. The topological polar surface area (TPSA) is 44.8 Å². The number of benzene rings is 1. The average molecular weight is 306 g/mol. The first-order valence-corrected chi connectivity index (χ1v) is 7.48. The van der Waals surface area contributed by atoms with Crippen molar-refractivity contribution in [3.8, 4) is 17.2 Å². The molecule has 2 aromatic rings. The van der Waals surface area contributed by atoms with Crippen molar-refractivity contribution in [2.45, 2.75) is 12.8 Å². The fraction of sp³-hybridized carbons (Fsp3) is 0.312. The molecule has 0 atom stereocenters. The molecule has 1 aromatic carbocycles. The van der Waals surface area contributed by atoms with Gasteiger partial charge in [-0.25, -0.2) is 0 Å². The first-order valence-electron chi connectivity index (χ1n) is 6.54. The number of hydrogen-bond acceptors (Lipinski definition) is 5. The molecule has 4 nitrogen and oxygen atoms in total. The molecule has 0 aliphatic heterocycles. The van der Waals surface area contributed by atoms with Crippen molar-refractivity contribution >= 4 is 17.1 Å². The Morgan fingerprint density at radius 3 is 2.29 bits per heavy atom. The van der Waals surface area contributed by atoms with Crippen molar-refractivity contribution in [1.82, 2.24) is 0 Å². The highest BCUT2D eigenvalue weighted by atomic mass is 32.1. The number of rotatable bonds is 7. The molecule has 112 valence electrons. The van der Waals surface area contributed by atoms with E-state index < -0.39 is 0 Å². The van der Waals surface area contributed by atoms with Gasteiger partial charge in [-0.2, -0.15) is 11.3 Å². The van der Waals surface area contributed by atoms with E-state index in [0.717, 1.165) is 6.42 Å². The Kier molecular flexibility index (Phi) is 5.22. The van der Waals surface area contributed by atoms with E-state index in [9.17, 15) is 4.79 Å². The Morgan fingerprint density at radius 2 is 1.71 bits per heavy atom. The van der Waals surface area contributed by atoms with E-state index in [0.29, 0.717) is 29.2 Å². The second-order valence-electron chi connectivity index (χ2n) is 4.46. The van der Waals surface area contributed by atoms with Crippen LogP contribution in [0.3, 0.4) is 0 Å². The van der Waals surface area contributed by atoms with Crippen LogP contribution in [0.2, 0.25) is 0 Å². The summed E-state index contributed by atoms with van der Waals surface area (Å²) >= 11 is 1.63. The first kappa shape index (κ1) is 15.4. The Morgan fingerprint density at radius 1 is 1.05 bits per heavy atom. The predicted octanol–water partition coefficient (Wildman–Crippen LogP) is 3.59. The molecule has 0 saturated carbocycles. The normalized spacial score (nSPS) is 10.2. The molecule has 0 amide bonds. The van der Waals surface area contributed by atoms with Crippen LogP contribution < -0.4 is 14.2 Å². The van der Waals surface area contributed by atoms with Crippen LogP contribution in [-0.2, 0) is 6.42 Å². The zero-order valence-electron chi connectivity index (χ0n) is 12.3. The second kappa shape index (κ2) is 7.13. The van der Waals surface area contributed by atoms with E-state index in [4.69, 9.17) is 14.2 Å². The number of Topliss-reactive ketones (excluding diaryl/α,β-unsaturated/α-hetero) is 1. The summed E-state index contributed by atoms with van der Waals surface area (Å²) in [5.74, 6) is 1.60. The SMILES string of the molecule is COc1cc(OC)c(C(=O)CCc2ccsc2)cc1OC. The summed E-state index contributed by atoms with van der Waals surface area (Å²) in [5, 5.41) is 4.07. The molecule has 0 bridgehead atoms. The highest BCUT2D eigenvalue weighted by molar-refractivity contribution is 7.07. The van der Waals surface area contributed by atoms with Crippen molar-refractivity contribution < 1.29 is 19.0 Å². The van der Waals surface area contributed by atoms with Crippen LogP contribution >= 0.6 is 11.3 Å². The molecule has 0 radical (unpaired) electrons. The van der Waals surface area contributed by atoms with Crippen LogP contribution in [-0.4, -0.2) is 27.1 Å². The molecule has 0 aliphatic carbocycles. The van der Waals surface area contributed by atoms with Gasteiger partial charge in [-0.3, -0.25) is 4.79 Å². The van der Waals surface area contributed by atoms with Gasteiger partial charge in [0.25, 0.3) is 0 Å². The van der Waals surface area contributed by atoms with Gasteiger partial charge in [0.2, 0.25) is 0 Å². The zero-order valence-corrected chi connectivity index (χ0v) is 13.2. The van der Waals surface area contributed by atoms with Crippen molar-refractivity contribution in [3.05, 3.63) is 40.1 Å². The summed E-state index contributed by atoms with van der Waals surface area (Å²) in [7, 11) is 4.64. The fourth-order valence-electron chi connectivity index (χ4n) is 2.07. The number of methoxy groups -OCH3 is 3. The lowest BCUT2D eigenvalue weighted by Gasteiger charge is -2.13. The quantitative estimate of drug-likeness (QED) is 0.733. The summed E-state index contributed by atoms with van der Waals surface area (Å²) in [6.45, 7) is 0. The lowest BCUT2D eigenvalue weighted by Crippen LogP contribution is -2.05. The molecule has 0 aliphatic rings. The van der Waals surface area contributed by atoms with Crippen LogP contribution in [0.5, 0.6) is 17.2 Å². The second-order valence-corrected chi connectivity index (χ2v) is 5.24. The maximum absolute atomic E-state index is 12.4. The number of ketones is 1. The molecule has 1 aromatic heterocycles. The number of carbonyl (C=O) groups excluding carboxylic acids is 1. The maximum atomic E-state index is 12.4. The largest absolute Gasteiger partial charge is 0.496 e. The first-order chi connectivity index (χ1) is 10.2. The van der Waals surface area contributed by atoms with Gasteiger partial charge < -0.3 is 14.2 Å². The Hall–Kier alpha value is -2.01. The van der Waals surface area contributed by atoms with Gasteiger partial charge in [0, 0.05) is 12.5 Å². The molecule has 0 unspecified atom stereocenters. The molecule has 0 spiro atoms. The van der Waals surface area contributed by atoms with Crippen LogP contribution in [0.25, 0.3) is 0 Å².